The minimum Gasteiger partial charge on any atom is -0.367 e. The summed E-state index contributed by atoms with van der Waals surface area (Å²) in [5, 5.41) is 6.50. The third-order valence-corrected chi connectivity index (χ3v) is 8.22. The summed E-state index contributed by atoms with van der Waals surface area (Å²) in [5.74, 6) is 0.567. The SMILES string of the molecule is CC(C)N(c1ccccc1Nc1nc(Nc2ccc(N3CCN(C)CC3)c(F)c2)nc2c1C=CC2)S(C)(=O)=O. The number of nitrogens with one attached hydrogen (secondary N) is 2. The van der Waals surface area contributed by atoms with E-state index in [0.29, 0.717) is 40.9 Å². The van der Waals surface area contributed by atoms with E-state index in [0.717, 1.165) is 37.4 Å². The van der Waals surface area contributed by atoms with E-state index in [9.17, 15) is 8.42 Å². The molecule has 1 saturated heterocycles. The number of fused-ring (bicyclic) bond motifs is 1. The van der Waals surface area contributed by atoms with Crippen LogP contribution in [0.15, 0.2) is 48.5 Å². The maximum absolute atomic E-state index is 15.1. The summed E-state index contributed by atoms with van der Waals surface area (Å²) in [4.78, 5) is 13.7. The van der Waals surface area contributed by atoms with Crippen LogP contribution < -0.4 is 19.8 Å². The number of nitrogens with zero attached hydrogens (tertiary/aromatic N) is 5. The van der Waals surface area contributed by atoms with Gasteiger partial charge >= 0.3 is 0 Å². The lowest BCUT2D eigenvalue weighted by Gasteiger charge is -2.34. The quantitative estimate of drug-likeness (QED) is 0.420. The third kappa shape index (κ3) is 5.84. The van der Waals surface area contributed by atoms with E-state index >= 15 is 4.39 Å². The predicted octanol–water partition coefficient (Wildman–Crippen LogP) is 4.60. The van der Waals surface area contributed by atoms with Gasteiger partial charge in [0.25, 0.3) is 0 Å². The third-order valence-electron chi connectivity index (χ3n) is 6.89. The first-order valence-corrected chi connectivity index (χ1v) is 14.9. The van der Waals surface area contributed by atoms with Crippen LogP contribution in [-0.2, 0) is 16.4 Å². The zero-order valence-electron chi connectivity index (χ0n) is 22.6. The number of anilines is 6. The average molecular weight is 552 g/mol. The van der Waals surface area contributed by atoms with Crippen LogP contribution in [0.5, 0.6) is 0 Å². The summed E-state index contributed by atoms with van der Waals surface area (Å²) in [6.07, 6.45) is 5.79. The molecule has 5 rings (SSSR count). The summed E-state index contributed by atoms with van der Waals surface area (Å²) >= 11 is 0. The number of piperazine rings is 1. The largest absolute Gasteiger partial charge is 0.367 e. The van der Waals surface area contributed by atoms with Gasteiger partial charge in [-0.05, 0) is 51.2 Å². The highest BCUT2D eigenvalue weighted by Crippen LogP contribution is 2.35. The van der Waals surface area contributed by atoms with Gasteiger partial charge in [-0.15, -0.1) is 0 Å². The molecule has 2 aliphatic rings. The van der Waals surface area contributed by atoms with E-state index in [2.05, 4.69) is 32.5 Å². The van der Waals surface area contributed by atoms with Crippen LogP contribution >= 0.6 is 0 Å². The Hall–Kier alpha value is -3.70. The highest BCUT2D eigenvalue weighted by atomic mass is 32.2. The predicted molar refractivity (Wildman–Crippen MR) is 156 cm³/mol. The minimum atomic E-state index is -3.52. The molecule has 0 amide bonds. The fourth-order valence-electron chi connectivity index (χ4n) is 5.04. The van der Waals surface area contributed by atoms with Gasteiger partial charge in [0.05, 0.1) is 29.0 Å². The molecule has 0 atom stereocenters. The van der Waals surface area contributed by atoms with Crippen LogP contribution in [0.2, 0.25) is 0 Å². The van der Waals surface area contributed by atoms with Gasteiger partial charge in [0, 0.05) is 49.9 Å². The van der Waals surface area contributed by atoms with Gasteiger partial charge in [-0.25, -0.2) is 17.8 Å². The number of hydrogen-bond acceptors (Lipinski definition) is 8. The second kappa shape index (κ2) is 10.8. The van der Waals surface area contributed by atoms with Crippen molar-refractivity contribution in [1.82, 2.24) is 14.9 Å². The van der Waals surface area contributed by atoms with Crippen molar-refractivity contribution in [3.63, 3.8) is 0 Å². The topological polar surface area (TPSA) is 93.7 Å². The van der Waals surface area contributed by atoms with Crippen LogP contribution in [0.3, 0.4) is 0 Å². The zero-order chi connectivity index (χ0) is 27.7. The van der Waals surface area contributed by atoms with Crippen molar-refractivity contribution in [2.24, 2.45) is 0 Å². The van der Waals surface area contributed by atoms with Crippen LogP contribution in [-0.4, -0.2) is 68.8 Å². The number of halogens is 1. The molecule has 39 heavy (non-hydrogen) atoms. The smallest absolute Gasteiger partial charge is 0.232 e. The van der Waals surface area contributed by atoms with Gasteiger partial charge in [-0.2, -0.15) is 4.98 Å². The Morgan fingerprint density at radius 2 is 1.77 bits per heavy atom. The summed E-state index contributed by atoms with van der Waals surface area (Å²) in [7, 11) is -1.45. The van der Waals surface area contributed by atoms with Crippen molar-refractivity contribution in [1.29, 1.82) is 0 Å². The van der Waals surface area contributed by atoms with Crippen LogP contribution in [0.1, 0.15) is 25.1 Å². The molecule has 11 heteroatoms. The number of sulfonamides is 1. The molecule has 2 heterocycles. The van der Waals surface area contributed by atoms with Crippen molar-refractivity contribution < 1.29 is 12.8 Å². The normalized spacial score (nSPS) is 15.5. The van der Waals surface area contributed by atoms with Gasteiger partial charge in [0.1, 0.15) is 11.6 Å². The van der Waals surface area contributed by atoms with Crippen LogP contribution in [0.4, 0.5) is 38.9 Å². The fraction of sp³-hybridized carbons (Fsp3) is 0.357. The van der Waals surface area contributed by atoms with Gasteiger partial charge in [-0.1, -0.05) is 24.3 Å². The molecule has 0 radical (unpaired) electrons. The Kier molecular flexibility index (Phi) is 7.46. The Morgan fingerprint density at radius 1 is 1.03 bits per heavy atom. The Bertz CT molecular complexity index is 1500. The van der Waals surface area contributed by atoms with Crippen molar-refractivity contribution in [2.75, 3.05) is 59.3 Å². The molecular formula is C28H34FN7O2S. The molecule has 1 aliphatic heterocycles. The number of para-hydroxylation sites is 2. The van der Waals surface area contributed by atoms with E-state index in [4.69, 9.17) is 4.98 Å². The van der Waals surface area contributed by atoms with Crippen molar-refractivity contribution in [3.05, 3.63) is 65.6 Å². The Labute approximate surface area is 229 Å². The Morgan fingerprint density at radius 3 is 2.46 bits per heavy atom. The monoisotopic (exact) mass is 551 g/mol. The molecule has 0 unspecified atom stereocenters. The molecule has 9 nitrogen and oxygen atoms in total. The van der Waals surface area contributed by atoms with Crippen LogP contribution in [0.25, 0.3) is 6.08 Å². The molecule has 0 saturated carbocycles. The van der Waals surface area contributed by atoms with E-state index in [-0.39, 0.29) is 11.9 Å². The number of allylic oxidation sites excluding steroid dienone is 1. The summed E-state index contributed by atoms with van der Waals surface area (Å²) in [6.45, 7) is 7.03. The summed E-state index contributed by atoms with van der Waals surface area (Å²) in [6, 6.07) is 12.1. The number of hydrogen-bond donors (Lipinski definition) is 2. The average Bonchev–Trinajstić information content (AvgIpc) is 3.34. The number of likely N-dealkylation sites (N-methyl/N-ethyl adjacent to an activating group) is 1. The van der Waals surface area contributed by atoms with E-state index < -0.39 is 10.0 Å². The second-order valence-corrected chi connectivity index (χ2v) is 12.1. The van der Waals surface area contributed by atoms with E-state index in [1.165, 1.54) is 16.6 Å². The van der Waals surface area contributed by atoms with Gasteiger partial charge in [0.15, 0.2) is 0 Å². The number of aromatic nitrogens is 2. The molecule has 0 bridgehead atoms. The van der Waals surface area contributed by atoms with Gasteiger partial charge < -0.3 is 20.4 Å². The van der Waals surface area contributed by atoms with Crippen molar-refractivity contribution in [2.45, 2.75) is 26.3 Å². The van der Waals surface area contributed by atoms with Gasteiger partial charge in [-0.3, -0.25) is 4.31 Å². The number of benzene rings is 2. The molecule has 0 spiro atoms. The molecule has 1 fully saturated rings. The first-order chi connectivity index (χ1) is 18.6. The zero-order valence-corrected chi connectivity index (χ0v) is 23.5. The molecule has 1 aromatic heterocycles. The molecule has 1 aliphatic carbocycles. The standard InChI is InChI=1S/C28H34FN7O2S/c1-19(2)36(39(4,37)38)26-11-6-5-9-24(26)31-27-21-8-7-10-23(21)32-28(33-27)30-20-12-13-25(22(29)18-20)35-16-14-34(3)15-17-35/h5-9,11-13,18-19H,10,14-17H2,1-4H3,(H2,30,31,32,33). The van der Waals surface area contributed by atoms with Crippen molar-refractivity contribution >= 4 is 50.6 Å². The minimum absolute atomic E-state index is 0.278. The maximum Gasteiger partial charge on any atom is 0.232 e. The highest BCUT2D eigenvalue weighted by molar-refractivity contribution is 7.92. The highest BCUT2D eigenvalue weighted by Gasteiger charge is 2.25. The first kappa shape index (κ1) is 26.9. The Balaban J connectivity index is 1.43. The van der Waals surface area contributed by atoms with Crippen molar-refractivity contribution in [3.8, 4) is 0 Å². The fourth-order valence-corrected chi connectivity index (χ4v) is 6.33. The molecule has 206 valence electrons. The first-order valence-electron chi connectivity index (χ1n) is 13.0. The molecule has 3 aromatic rings. The molecule has 2 aromatic carbocycles. The van der Waals surface area contributed by atoms with Crippen LogP contribution in [0, 0.1) is 5.82 Å². The lowest BCUT2D eigenvalue weighted by molar-refractivity contribution is 0.311. The van der Waals surface area contributed by atoms with E-state index in [1.807, 2.05) is 44.2 Å². The number of rotatable bonds is 8. The van der Waals surface area contributed by atoms with Gasteiger partial charge in [0.2, 0.25) is 16.0 Å². The molecule has 2 N–H and O–H groups in total. The molecular weight excluding hydrogens is 517 g/mol. The lowest BCUT2D eigenvalue weighted by atomic mass is 10.2. The second-order valence-electron chi connectivity index (χ2n) is 10.2. The lowest BCUT2D eigenvalue weighted by Crippen LogP contribution is -2.44. The summed E-state index contributed by atoms with van der Waals surface area (Å²) < 4.78 is 41.7. The van der Waals surface area contributed by atoms with E-state index in [1.54, 1.807) is 18.2 Å². The summed E-state index contributed by atoms with van der Waals surface area (Å²) in [5.41, 5.74) is 3.93. The maximum atomic E-state index is 15.1.